The highest BCUT2D eigenvalue weighted by Crippen LogP contribution is 2.31. The van der Waals surface area contributed by atoms with Gasteiger partial charge in [-0.1, -0.05) is 66.7 Å². The quantitative estimate of drug-likeness (QED) is 0.642. The van der Waals surface area contributed by atoms with Crippen molar-refractivity contribution >= 4 is 5.91 Å². The number of piperazine rings is 1. The van der Waals surface area contributed by atoms with E-state index in [1.807, 2.05) is 84.6 Å². The van der Waals surface area contributed by atoms with Gasteiger partial charge in [0.1, 0.15) is 5.54 Å². The average molecular weight is 411 g/mol. The Labute approximate surface area is 183 Å². The summed E-state index contributed by atoms with van der Waals surface area (Å²) in [6.45, 7) is 4.39. The van der Waals surface area contributed by atoms with Crippen LogP contribution in [0, 0.1) is 11.3 Å². The summed E-state index contributed by atoms with van der Waals surface area (Å²) in [5, 5.41) is 9.95. The van der Waals surface area contributed by atoms with Crippen molar-refractivity contribution in [2.45, 2.75) is 18.4 Å². The van der Waals surface area contributed by atoms with Gasteiger partial charge < -0.3 is 4.90 Å². The van der Waals surface area contributed by atoms with Crippen molar-refractivity contribution in [2.75, 3.05) is 26.2 Å². The number of carbonyl (C=O) groups excluding carboxylic acids is 1. The van der Waals surface area contributed by atoms with Crippen LogP contribution in [0.1, 0.15) is 29.5 Å². The van der Waals surface area contributed by atoms with Crippen LogP contribution in [0.25, 0.3) is 0 Å². The Balaban J connectivity index is 1.53. The summed E-state index contributed by atoms with van der Waals surface area (Å²) in [7, 11) is 0. The van der Waals surface area contributed by atoms with Gasteiger partial charge in [0.15, 0.2) is 0 Å². The molecule has 1 aromatic heterocycles. The van der Waals surface area contributed by atoms with Gasteiger partial charge in [-0.15, -0.1) is 0 Å². The first-order valence-corrected chi connectivity index (χ1v) is 10.6. The van der Waals surface area contributed by atoms with Crippen LogP contribution in [-0.4, -0.2) is 46.9 Å². The van der Waals surface area contributed by atoms with Crippen LogP contribution in [0.5, 0.6) is 0 Å². The number of carbonyl (C=O) groups is 1. The van der Waals surface area contributed by atoms with E-state index in [4.69, 9.17) is 0 Å². The molecule has 0 aliphatic carbocycles. The zero-order valence-electron chi connectivity index (χ0n) is 17.7. The lowest BCUT2D eigenvalue weighted by atomic mass is 9.89. The highest BCUT2D eigenvalue weighted by atomic mass is 16.2. The fourth-order valence-corrected chi connectivity index (χ4v) is 4.29. The predicted molar refractivity (Wildman–Crippen MR) is 120 cm³/mol. The lowest BCUT2D eigenvalue weighted by Gasteiger charge is -2.43. The van der Waals surface area contributed by atoms with E-state index >= 15 is 0 Å². The number of aromatic nitrogens is 1. The molecule has 1 atom stereocenters. The van der Waals surface area contributed by atoms with E-state index < -0.39 is 5.54 Å². The molecule has 1 amide bonds. The summed E-state index contributed by atoms with van der Waals surface area (Å²) in [5.41, 5.74) is 2.11. The molecule has 0 spiro atoms. The van der Waals surface area contributed by atoms with Crippen molar-refractivity contribution in [1.82, 2.24) is 14.8 Å². The smallest absolute Gasteiger partial charge is 0.234 e. The summed E-state index contributed by atoms with van der Waals surface area (Å²) in [5.74, 6) is -0.216. The van der Waals surface area contributed by atoms with E-state index in [-0.39, 0.29) is 11.8 Å². The first-order valence-electron chi connectivity index (χ1n) is 10.6. The van der Waals surface area contributed by atoms with Crippen molar-refractivity contribution in [3.8, 4) is 6.07 Å². The zero-order valence-corrected chi connectivity index (χ0v) is 17.7. The maximum Gasteiger partial charge on any atom is 0.234 e. The Morgan fingerprint density at radius 1 is 0.935 bits per heavy atom. The second-order valence-electron chi connectivity index (χ2n) is 7.99. The van der Waals surface area contributed by atoms with Crippen LogP contribution in [-0.2, 0) is 10.3 Å². The molecule has 1 fully saturated rings. The van der Waals surface area contributed by atoms with E-state index in [9.17, 15) is 10.1 Å². The molecule has 2 heterocycles. The van der Waals surface area contributed by atoms with Crippen LogP contribution >= 0.6 is 0 Å². The maximum absolute atomic E-state index is 13.6. The third-order valence-electron chi connectivity index (χ3n) is 6.18. The molecule has 31 heavy (non-hydrogen) atoms. The van der Waals surface area contributed by atoms with Gasteiger partial charge in [0.25, 0.3) is 0 Å². The monoisotopic (exact) mass is 410 g/mol. The SMILES string of the molecule is CC(C#N)(c1cccnc1)N1CCN(C(=O)C(c2ccccc2)c2ccccc2)CC1. The Hall–Kier alpha value is -3.49. The van der Waals surface area contributed by atoms with Gasteiger partial charge in [0, 0.05) is 44.1 Å². The highest BCUT2D eigenvalue weighted by Gasteiger charge is 2.38. The molecule has 0 N–H and O–H groups in total. The molecule has 0 radical (unpaired) electrons. The Bertz CT molecular complexity index is 1000. The molecule has 5 nitrogen and oxygen atoms in total. The largest absolute Gasteiger partial charge is 0.339 e. The predicted octanol–water partition coefficient (Wildman–Crippen LogP) is 3.80. The van der Waals surface area contributed by atoms with Gasteiger partial charge in [-0.3, -0.25) is 14.7 Å². The second kappa shape index (κ2) is 9.11. The van der Waals surface area contributed by atoms with Crippen molar-refractivity contribution < 1.29 is 4.79 Å². The minimum absolute atomic E-state index is 0.108. The van der Waals surface area contributed by atoms with E-state index in [2.05, 4.69) is 16.0 Å². The topological polar surface area (TPSA) is 60.2 Å². The molecule has 2 aromatic carbocycles. The summed E-state index contributed by atoms with van der Waals surface area (Å²) in [4.78, 5) is 21.9. The molecule has 1 saturated heterocycles. The fourth-order valence-electron chi connectivity index (χ4n) is 4.29. The van der Waals surface area contributed by atoms with Crippen LogP contribution in [0.15, 0.2) is 85.2 Å². The number of benzene rings is 2. The highest BCUT2D eigenvalue weighted by molar-refractivity contribution is 5.87. The molecular weight excluding hydrogens is 384 g/mol. The molecule has 1 aliphatic heterocycles. The molecule has 3 aromatic rings. The Morgan fingerprint density at radius 3 is 2.00 bits per heavy atom. The molecule has 0 bridgehead atoms. The van der Waals surface area contributed by atoms with Gasteiger partial charge in [-0.2, -0.15) is 5.26 Å². The number of nitrogens with zero attached hydrogens (tertiary/aromatic N) is 4. The third kappa shape index (κ3) is 4.21. The minimum atomic E-state index is -0.762. The summed E-state index contributed by atoms with van der Waals surface area (Å²) >= 11 is 0. The third-order valence-corrected chi connectivity index (χ3v) is 6.18. The number of hydrogen-bond acceptors (Lipinski definition) is 4. The van der Waals surface area contributed by atoms with Crippen molar-refractivity contribution in [2.24, 2.45) is 0 Å². The molecular formula is C26H26N4O. The molecule has 1 unspecified atom stereocenters. The van der Waals surface area contributed by atoms with Crippen molar-refractivity contribution in [3.63, 3.8) is 0 Å². The van der Waals surface area contributed by atoms with E-state index in [0.717, 1.165) is 16.7 Å². The van der Waals surface area contributed by atoms with Gasteiger partial charge in [0.05, 0.1) is 12.0 Å². The van der Waals surface area contributed by atoms with Gasteiger partial charge in [0.2, 0.25) is 5.91 Å². The molecule has 4 rings (SSSR count). The number of rotatable bonds is 5. The summed E-state index contributed by atoms with van der Waals surface area (Å²) in [6.07, 6.45) is 3.47. The first-order chi connectivity index (χ1) is 15.1. The Kier molecular flexibility index (Phi) is 6.11. The van der Waals surface area contributed by atoms with E-state index in [0.29, 0.717) is 26.2 Å². The molecule has 5 heteroatoms. The van der Waals surface area contributed by atoms with Crippen molar-refractivity contribution in [1.29, 1.82) is 5.26 Å². The first kappa shape index (κ1) is 20.8. The molecule has 156 valence electrons. The number of pyridine rings is 1. The maximum atomic E-state index is 13.6. The van der Waals surface area contributed by atoms with Crippen molar-refractivity contribution in [3.05, 3.63) is 102 Å². The van der Waals surface area contributed by atoms with Crippen LogP contribution in [0.3, 0.4) is 0 Å². The van der Waals surface area contributed by atoms with Gasteiger partial charge >= 0.3 is 0 Å². The zero-order chi connectivity index (χ0) is 21.7. The standard InChI is InChI=1S/C26H26N4O/c1-26(20-27,23-13-8-14-28-19-23)30-17-15-29(16-18-30)25(31)24(21-9-4-2-5-10-21)22-11-6-3-7-12-22/h2-14,19,24H,15-18H2,1H3. The lowest BCUT2D eigenvalue weighted by molar-refractivity contribution is -0.134. The fraction of sp³-hybridized carbons (Fsp3) is 0.269. The van der Waals surface area contributed by atoms with Crippen LogP contribution in [0.4, 0.5) is 0 Å². The minimum Gasteiger partial charge on any atom is -0.339 e. The summed E-state index contributed by atoms with van der Waals surface area (Å²) < 4.78 is 0. The van der Waals surface area contributed by atoms with Crippen LogP contribution in [0.2, 0.25) is 0 Å². The molecule has 1 aliphatic rings. The Morgan fingerprint density at radius 2 is 1.52 bits per heavy atom. The molecule has 0 saturated carbocycles. The van der Waals surface area contributed by atoms with Crippen LogP contribution < -0.4 is 0 Å². The summed E-state index contributed by atoms with van der Waals surface area (Å²) in [6, 6.07) is 26.2. The van der Waals surface area contributed by atoms with Gasteiger partial charge in [-0.25, -0.2) is 0 Å². The second-order valence-corrected chi connectivity index (χ2v) is 7.99. The lowest BCUT2D eigenvalue weighted by Crippen LogP contribution is -2.55. The van der Waals surface area contributed by atoms with E-state index in [1.54, 1.807) is 12.4 Å². The average Bonchev–Trinajstić information content (AvgIpc) is 2.85. The number of amides is 1. The van der Waals surface area contributed by atoms with E-state index in [1.165, 1.54) is 0 Å². The number of nitriles is 1. The normalized spacial score (nSPS) is 16.5. The van der Waals surface area contributed by atoms with Gasteiger partial charge in [-0.05, 0) is 24.1 Å². The number of hydrogen-bond donors (Lipinski definition) is 0.